The van der Waals surface area contributed by atoms with Gasteiger partial charge in [0.1, 0.15) is 5.70 Å². The molecule has 2 amide bonds. The van der Waals surface area contributed by atoms with E-state index in [1.165, 1.54) is 16.7 Å². The van der Waals surface area contributed by atoms with Crippen LogP contribution >= 0.6 is 11.8 Å². The second-order valence-corrected chi connectivity index (χ2v) is 7.95. The zero-order chi connectivity index (χ0) is 17.8. The second-order valence-electron chi connectivity index (χ2n) is 6.61. The van der Waals surface area contributed by atoms with E-state index in [-0.39, 0.29) is 28.8 Å². The van der Waals surface area contributed by atoms with Crippen LogP contribution in [0.15, 0.2) is 10.6 Å². The van der Waals surface area contributed by atoms with Gasteiger partial charge in [-0.15, -0.1) is 11.8 Å². The molecule has 0 radical (unpaired) electrons. The highest BCUT2D eigenvalue weighted by molar-refractivity contribution is 8.03. The van der Waals surface area contributed by atoms with Crippen molar-refractivity contribution in [2.75, 3.05) is 6.54 Å². The summed E-state index contributed by atoms with van der Waals surface area (Å²) in [6.07, 6.45) is -0.283. The van der Waals surface area contributed by atoms with Crippen LogP contribution < -0.4 is 11.1 Å². The number of carbonyl (C=O) groups excluding carboxylic acids is 2. The third-order valence-corrected chi connectivity index (χ3v) is 6.55. The van der Waals surface area contributed by atoms with Crippen LogP contribution in [0.1, 0.15) is 20.3 Å². The number of amides is 2. The Labute approximate surface area is 143 Å². The lowest BCUT2D eigenvalue weighted by Gasteiger charge is -2.46. The summed E-state index contributed by atoms with van der Waals surface area (Å²) in [6, 6.07) is -0.718. The van der Waals surface area contributed by atoms with Crippen molar-refractivity contribution in [2.45, 2.75) is 43.7 Å². The quantitative estimate of drug-likeness (QED) is 0.469. The van der Waals surface area contributed by atoms with Crippen LogP contribution in [-0.2, 0) is 14.4 Å². The molecule has 8 nitrogen and oxygen atoms in total. The third kappa shape index (κ3) is 2.51. The molecule has 3 aliphatic heterocycles. The molecule has 6 unspecified atom stereocenters. The fourth-order valence-electron chi connectivity index (χ4n) is 3.87. The van der Waals surface area contributed by atoms with E-state index in [1.54, 1.807) is 6.92 Å². The molecule has 5 N–H and O–H groups in total. The molecular weight excluding hydrogens is 334 g/mol. The Hall–Kier alpha value is -1.58. The number of primary amides is 1. The average Bonchev–Trinajstić information content (AvgIpc) is 3.03. The van der Waals surface area contributed by atoms with Crippen molar-refractivity contribution in [2.24, 2.45) is 17.6 Å². The molecule has 0 aromatic carbocycles. The number of fused-ring (bicyclic) bond motifs is 1. The number of hydrogen-bond acceptors (Lipinski definition) is 6. The summed E-state index contributed by atoms with van der Waals surface area (Å²) in [5.74, 6) is -2.62. The van der Waals surface area contributed by atoms with Crippen LogP contribution in [-0.4, -0.2) is 62.9 Å². The van der Waals surface area contributed by atoms with Gasteiger partial charge in [-0.25, -0.2) is 4.79 Å². The van der Waals surface area contributed by atoms with Gasteiger partial charge in [0.15, 0.2) is 0 Å². The van der Waals surface area contributed by atoms with Crippen molar-refractivity contribution in [1.29, 1.82) is 0 Å². The van der Waals surface area contributed by atoms with Gasteiger partial charge in [-0.1, -0.05) is 6.92 Å². The van der Waals surface area contributed by atoms with Crippen molar-refractivity contribution in [3.63, 3.8) is 0 Å². The van der Waals surface area contributed by atoms with Crippen LogP contribution in [0.25, 0.3) is 0 Å². The van der Waals surface area contributed by atoms with Crippen LogP contribution in [0.2, 0.25) is 0 Å². The summed E-state index contributed by atoms with van der Waals surface area (Å²) in [4.78, 5) is 37.2. The summed E-state index contributed by atoms with van der Waals surface area (Å²) in [7, 11) is 0. The first-order valence-corrected chi connectivity index (χ1v) is 8.80. The normalized spacial score (nSPS) is 36.5. The Balaban J connectivity index is 1.83. The Bertz CT molecular complexity index is 635. The number of nitrogens with two attached hydrogens (primary N) is 1. The Morgan fingerprint density at radius 2 is 2.12 bits per heavy atom. The number of carbonyl (C=O) groups is 3. The molecule has 0 spiro atoms. The van der Waals surface area contributed by atoms with Gasteiger partial charge in [-0.3, -0.25) is 9.59 Å². The van der Waals surface area contributed by atoms with Crippen LogP contribution in [0.5, 0.6) is 0 Å². The van der Waals surface area contributed by atoms with Crippen molar-refractivity contribution in [3.05, 3.63) is 10.6 Å². The van der Waals surface area contributed by atoms with E-state index in [4.69, 9.17) is 5.73 Å². The zero-order valence-electron chi connectivity index (χ0n) is 13.4. The highest BCUT2D eigenvalue weighted by Crippen LogP contribution is 2.51. The van der Waals surface area contributed by atoms with E-state index in [9.17, 15) is 24.6 Å². The standard InChI is InChI=1S/C15H21N3O5S/c1-5-10-9(6(2)19)14(21)18(10)11(15(22)23)12(5)24-7-3-8(13(16)20)17-4-7/h5-10,17,19H,3-4H2,1-2H3,(H2,16,20)(H,22,23). The fraction of sp³-hybridized carbons (Fsp3) is 0.667. The number of aliphatic hydroxyl groups is 1. The summed E-state index contributed by atoms with van der Waals surface area (Å²) in [5, 5.41) is 22.4. The van der Waals surface area contributed by atoms with Crippen molar-refractivity contribution < 1.29 is 24.6 Å². The lowest BCUT2D eigenvalue weighted by molar-refractivity contribution is -0.163. The maximum Gasteiger partial charge on any atom is 0.353 e. The molecule has 6 atom stereocenters. The van der Waals surface area contributed by atoms with E-state index in [1.807, 2.05) is 6.92 Å². The highest BCUT2D eigenvalue weighted by atomic mass is 32.2. The molecule has 0 bridgehead atoms. The van der Waals surface area contributed by atoms with Crippen molar-refractivity contribution in [1.82, 2.24) is 10.2 Å². The van der Waals surface area contributed by atoms with Crippen LogP contribution in [0.3, 0.4) is 0 Å². The number of nitrogens with one attached hydrogen (secondary N) is 1. The van der Waals surface area contributed by atoms with E-state index >= 15 is 0 Å². The minimum absolute atomic E-state index is 0.0157. The van der Waals surface area contributed by atoms with Gasteiger partial charge in [0.25, 0.3) is 0 Å². The number of hydrogen-bond donors (Lipinski definition) is 4. The van der Waals surface area contributed by atoms with Gasteiger partial charge >= 0.3 is 5.97 Å². The maximum atomic E-state index is 12.3. The Morgan fingerprint density at radius 1 is 1.46 bits per heavy atom. The molecule has 0 aromatic rings. The number of aliphatic hydroxyl groups excluding tert-OH is 1. The van der Waals surface area contributed by atoms with Gasteiger partial charge in [0.05, 0.1) is 24.1 Å². The van der Waals surface area contributed by atoms with Gasteiger partial charge in [0, 0.05) is 22.6 Å². The minimum atomic E-state index is -1.14. The molecule has 132 valence electrons. The highest BCUT2D eigenvalue weighted by Gasteiger charge is 2.60. The van der Waals surface area contributed by atoms with E-state index in [0.717, 1.165) is 0 Å². The molecule has 0 aliphatic carbocycles. The SMILES string of the molecule is CC(O)C1C(=O)N2C(C(=O)O)=C(SC3CNC(C(N)=O)C3)C(C)C12. The molecule has 3 rings (SSSR count). The number of rotatable bonds is 5. The van der Waals surface area contributed by atoms with Crippen molar-refractivity contribution >= 4 is 29.5 Å². The minimum Gasteiger partial charge on any atom is -0.477 e. The van der Waals surface area contributed by atoms with Crippen molar-refractivity contribution in [3.8, 4) is 0 Å². The van der Waals surface area contributed by atoms with Gasteiger partial charge in [-0.2, -0.15) is 0 Å². The number of aliphatic carboxylic acids is 1. The van der Waals surface area contributed by atoms with Gasteiger partial charge in [-0.05, 0) is 13.3 Å². The third-order valence-electron chi connectivity index (χ3n) is 5.04. The lowest BCUT2D eigenvalue weighted by Crippen LogP contribution is -2.63. The monoisotopic (exact) mass is 355 g/mol. The predicted octanol–water partition coefficient (Wildman–Crippen LogP) is -0.911. The topological polar surface area (TPSA) is 133 Å². The van der Waals surface area contributed by atoms with Crippen LogP contribution in [0, 0.1) is 11.8 Å². The number of carboxylic acid groups (broad SMARTS) is 1. The predicted molar refractivity (Wildman–Crippen MR) is 86.6 cm³/mol. The summed E-state index contributed by atoms with van der Waals surface area (Å²) in [6.45, 7) is 3.99. The molecule has 0 saturated carbocycles. The molecule has 9 heteroatoms. The zero-order valence-corrected chi connectivity index (χ0v) is 14.2. The largest absolute Gasteiger partial charge is 0.477 e. The summed E-state index contributed by atoms with van der Waals surface area (Å²) in [5.41, 5.74) is 5.31. The Kier molecular flexibility index (Phi) is 4.35. The molecule has 0 aromatic heterocycles. The van der Waals surface area contributed by atoms with E-state index in [0.29, 0.717) is 17.9 Å². The Morgan fingerprint density at radius 3 is 2.62 bits per heavy atom. The molecular formula is C15H21N3O5S. The molecule has 24 heavy (non-hydrogen) atoms. The molecule has 2 saturated heterocycles. The number of carboxylic acids is 1. The van der Waals surface area contributed by atoms with Gasteiger partial charge in [0.2, 0.25) is 11.8 Å². The number of β-lactam (4-membered cyclic amide) rings is 1. The number of nitrogens with zero attached hydrogens (tertiary/aromatic N) is 1. The lowest BCUT2D eigenvalue weighted by atomic mass is 9.79. The van der Waals surface area contributed by atoms with E-state index < -0.39 is 29.9 Å². The smallest absolute Gasteiger partial charge is 0.353 e. The first kappa shape index (κ1) is 17.2. The summed E-state index contributed by atoms with van der Waals surface area (Å²) < 4.78 is 0. The average molecular weight is 355 g/mol. The van der Waals surface area contributed by atoms with E-state index in [2.05, 4.69) is 5.32 Å². The molecule has 3 aliphatic rings. The van der Waals surface area contributed by atoms with Gasteiger partial charge < -0.3 is 26.2 Å². The fourth-order valence-corrected chi connectivity index (χ4v) is 5.35. The first-order chi connectivity index (χ1) is 11.2. The second kappa shape index (κ2) is 6.05. The summed E-state index contributed by atoms with van der Waals surface area (Å²) >= 11 is 1.40. The first-order valence-electron chi connectivity index (χ1n) is 7.92. The molecule has 2 fully saturated rings. The van der Waals surface area contributed by atoms with Crippen LogP contribution in [0.4, 0.5) is 0 Å². The maximum absolute atomic E-state index is 12.3. The number of thioether (sulfide) groups is 1. The molecule has 3 heterocycles.